The Kier molecular flexibility index (Phi) is 6.03. The molecule has 36 heavy (non-hydrogen) atoms. The molecule has 0 aromatic heterocycles. The predicted octanol–water partition coefficient (Wildman–Crippen LogP) is 4.31. The zero-order valence-electron chi connectivity index (χ0n) is 19.1. The van der Waals surface area contributed by atoms with Gasteiger partial charge in [-0.1, -0.05) is 48.5 Å². The summed E-state index contributed by atoms with van der Waals surface area (Å²) in [6.45, 7) is 0.264. The second kappa shape index (κ2) is 9.31. The maximum atomic E-state index is 13.1. The summed E-state index contributed by atoms with van der Waals surface area (Å²) in [5.41, 5.74) is 3.25. The number of amides is 2. The molecule has 7 nitrogen and oxygen atoms in total. The van der Waals surface area contributed by atoms with Gasteiger partial charge in [-0.3, -0.25) is 9.59 Å². The van der Waals surface area contributed by atoms with Crippen LogP contribution in [0.5, 0.6) is 5.75 Å². The summed E-state index contributed by atoms with van der Waals surface area (Å²) in [7, 11) is -3.93. The predicted molar refractivity (Wildman–Crippen MR) is 135 cm³/mol. The molecular formula is C28H22N2O5S. The van der Waals surface area contributed by atoms with Crippen LogP contribution in [0.1, 0.15) is 37.4 Å². The lowest BCUT2D eigenvalue weighted by Crippen LogP contribution is -2.23. The number of phenols is 1. The molecule has 4 aromatic carbocycles. The largest absolute Gasteiger partial charge is 0.508 e. The first-order valence-corrected chi connectivity index (χ1v) is 12.7. The third-order valence-corrected chi connectivity index (χ3v) is 7.83. The van der Waals surface area contributed by atoms with Gasteiger partial charge in [-0.2, -0.15) is 0 Å². The highest BCUT2D eigenvalue weighted by Crippen LogP contribution is 2.34. The zero-order chi connectivity index (χ0) is 25.3. The first kappa shape index (κ1) is 23.3. The van der Waals surface area contributed by atoms with E-state index in [-0.39, 0.29) is 38.9 Å². The fraction of sp³-hybridized carbons (Fsp3) is 0.0714. The number of aromatic hydroxyl groups is 1. The van der Waals surface area contributed by atoms with Crippen LogP contribution in [0.2, 0.25) is 0 Å². The van der Waals surface area contributed by atoms with Crippen molar-refractivity contribution in [2.24, 2.45) is 0 Å². The molecule has 2 amide bonds. The van der Waals surface area contributed by atoms with Gasteiger partial charge in [-0.05, 0) is 65.6 Å². The average Bonchev–Trinajstić information content (AvgIpc) is 2.95. The molecule has 4 aromatic rings. The van der Waals surface area contributed by atoms with Crippen LogP contribution in [-0.2, 0) is 22.8 Å². The quantitative estimate of drug-likeness (QED) is 0.380. The molecule has 0 unspecified atom stereocenters. The molecule has 0 saturated heterocycles. The molecule has 0 atom stereocenters. The lowest BCUT2D eigenvalue weighted by Gasteiger charge is -2.11. The second-order valence-electron chi connectivity index (χ2n) is 8.51. The Morgan fingerprint density at radius 2 is 1.53 bits per heavy atom. The number of hydrogen-bond donors (Lipinski definition) is 3. The minimum Gasteiger partial charge on any atom is -0.508 e. The molecule has 0 bridgehead atoms. The Morgan fingerprint density at radius 3 is 2.33 bits per heavy atom. The minimum atomic E-state index is -3.93. The summed E-state index contributed by atoms with van der Waals surface area (Å²) in [4.78, 5) is 25.4. The van der Waals surface area contributed by atoms with Crippen molar-refractivity contribution in [2.75, 3.05) is 5.32 Å². The summed E-state index contributed by atoms with van der Waals surface area (Å²) in [6, 6.07) is 25.0. The Hall–Kier alpha value is -4.43. The summed E-state index contributed by atoms with van der Waals surface area (Å²) in [6.07, 6.45) is 0.636. The van der Waals surface area contributed by atoms with Crippen molar-refractivity contribution in [3.63, 3.8) is 0 Å². The smallest absolute Gasteiger partial charge is 0.257 e. The van der Waals surface area contributed by atoms with Gasteiger partial charge in [0, 0.05) is 12.1 Å². The fourth-order valence-electron chi connectivity index (χ4n) is 4.24. The van der Waals surface area contributed by atoms with E-state index in [0.717, 1.165) is 16.7 Å². The van der Waals surface area contributed by atoms with E-state index in [2.05, 4.69) is 10.6 Å². The molecule has 3 N–H and O–H groups in total. The van der Waals surface area contributed by atoms with Gasteiger partial charge in [0.2, 0.25) is 9.84 Å². The summed E-state index contributed by atoms with van der Waals surface area (Å²) >= 11 is 0. The Morgan fingerprint density at radius 1 is 0.806 bits per heavy atom. The van der Waals surface area contributed by atoms with E-state index < -0.39 is 21.7 Å². The number of anilines is 1. The number of sulfone groups is 1. The van der Waals surface area contributed by atoms with Crippen LogP contribution in [0.15, 0.2) is 101 Å². The number of rotatable bonds is 5. The Balaban J connectivity index is 1.33. The maximum absolute atomic E-state index is 13.1. The normalized spacial score (nSPS) is 13.6. The van der Waals surface area contributed by atoms with Crippen LogP contribution in [-0.4, -0.2) is 25.3 Å². The van der Waals surface area contributed by atoms with Crippen LogP contribution in [0.3, 0.4) is 0 Å². The molecule has 0 radical (unpaired) electrons. The molecule has 0 aliphatic carbocycles. The van der Waals surface area contributed by atoms with E-state index in [9.17, 15) is 23.1 Å². The molecule has 1 aliphatic heterocycles. The number of benzene rings is 4. The first-order valence-electron chi connectivity index (χ1n) is 11.2. The fourth-order valence-corrected chi connectivity index (χ4v) is 5.83. The highest BCUT2D eigenvalue weighted by atomic mass is 32.2. The molecule has 1 heterocycles. The monoisotopic (exact) mass is 498 g/mol. The molecule has 0 fully saturated rings. The molecule has 0 spiro atoms. The van der Waals surface area contributed by atoms with Crippen molar-refractivity contribution in [2.45, 2.75) is 22.8 Å². The number of carbonyl (C=O) groups is 2. The number of hydrogen-bond acceptors (Lipinski definition) is 5. The molecule has 0 saturated carbocycles. The standard InChI is InChI=1S/C28H22N2O5S/c31-22-8-4-6-19(15-22)13-18-5-3-7-20(14-18)17-29-27(32)21-11-12-26-24(16-21)30-28(33)23-9-1-2-10-25(23)36(26,34)35/h1-12,14-16,31H,13,17H2,(H,29,32)(H,30,33). The van der Waals surface area contributed by atoms with Crippen LogP contribution in [0.25, 0.3) is 0 Å². The van der Waals surface area contributed by atoms with Crippen molar-refractivity contribution >= 4 is 27.3 Å². The summed E-state index contributed by atoms with van der Waals surface area (Å²) < 4.78 is 26.3. The second-order valence-corrected chi connectivity index (χ2v) is 10.4. The van der Waals surface area contributed by atoms with Crippen LogP contribution in [0.4, 0.5) is 5.69 Å². The van der Waals surface area contributed by atoms with Crippen molar-refractivity contribution in [3.05, 3.63) is 119 Å². The topological polar surface area (TPSA) is 113 Å². The van der Waals surface area contributed by atoms with E-state index >= 15 is 0 Å². The lowest BCUT2D eigenvalue weighted by molar-refractivity contribution is 0.0949. The average molecular weight is 499 g/mol. The van der Waals surface area contributed by atoms with E-state index in [1.807, 2.05) is 30.3 Å². The lowest BCUT2D eigenvalue weighted by atomic mass is 10.0. The van der Waals surface area contributed by atoms with Gasteiger partial charge < -0.3 is 15.7 Å². The molecule has 1 aliphatic rings. The molecular weight excluding hydrogens is 476 g/mol. The highest BCUT2D eigenvalue weighted by molar-refractivity contribution is 7.91. The number of fused-ring (bicyclic) bond motifs is 2. The number of carbonyl (C=O) groups excluding carboxylic acids is 2. The first-order chi connectivity index (χ1) is 17.3. The van der Waals surface area contributed by atoms with Crippen LogP contribution in [0, 0.1) is 0 Å². The van der Waals surface area contributed by atoms with E-state index in [0.29, 0.717) is 6.42 Å². The van der Waals surface area contributed by atoms with Gasteiger partial charge in [0.15, 0.2) is 0 Å². The zero-order valence-corrected chi connectivity index (χ0v) is 19.9. The van der Waals surface area contributed by atoms with Gasteiger partial charge in [0.05, 0.1) is 21.0 Å². The van der Waals surface area contributed by atoms with Gasteiger partial charge in [-0.25, -0.2) is 8.42 Å². The summed E-state index contributed by atoms with van der Waals surface area (Å²) in [5.74, 6) is -0.733. The molecule has 180 valence electrons. The van der Waals surface area contributed by atoms with Crippen LogP contribution < -0.4 is 10.6 Å². The van der Waals surface area contributed by atoms with Crippen molar-refractivity contribution < 1.29 is 23.1 Å². The number of nitrogens with one attached hydrogen (secondary N) is 2. The van der Waals surface area contributed by atoms with Crippen LogP contribution >= 0.6 is 0 Å². The molecule has 5 rings (SSSR count). The number of phenolic OH excluding ortho intramolecular Hbond substituents is 1. The molecule has 8 heteroatoms. The van der Waals surface area contributed by atoms with Gasteiger partial charge >= 0.3 is 0 Å². The van der Waals surface area contributed by atoms with E-state index in [1.54, 1.807) is 30.3 Å². The van der Waals surface area contributed by atoms with Gasteiger partial charge in [0.1, 0.15) is 5.75 Å². The highest BCUT2D eigenvalue weighted by Gasteiger charge is 2.31. The SMILES string of the molecule is O=C(NCc1cccc(Cc2cccc(O)c2)c1)c1ccc2c(c1)NC(=O)c1ccccc1S2(=O)=O. The Labute approximate surface area is 208 Å². The maximum Gasteiger partial charge on any atom is 0.257 e. The minimum absolute atomic E-state index is 0.0583. The van der Waals surface area contributed by atoms with E-state index in [4.69, 9.17) is 0 Å². The Bertz CT molecular complexity index is 1610. The van der Waals surface area contributed by atoms with Crippen molar-refractivity contribution in [3.8, 4) is 5.75 Å². The third kappa shape index (κ3) is 4.58. The van der Waals surface area contributed by atoms with Crippen molar-refractivity contribution in [1.29, 1.82) is 0 Å². The third-order valence-electron chi connectivity index (χ3n) is 5.96. The van der Waals surface area contributed by atoms with Gasteiger partial charge in [-0.15, -0.1) is 0 Å². The van der Waals surface area contributed by atoms with Crippen molar-refractivity contribution in [1.82, 2.24) is 5.32 Å². The summed E-state index contributed by atoms with van der Waals surface area (Å²) in [5, 5.41) is 15.1. The van der Waals surface area contributed by atoms with E-state index in [1.165, 1.54) is 30.3 Å². The van der Waals surface area contributed by atoms with Gasteiger partial charge in [0.25, 0.3) is 11.8 Å².